The van der Waals surface area contributed by atoms with Crippen LogP contribution in [0.3, 0.4) is 0 Å². The van der Waals surface area contributed by atoms with Gasteiger partial charge in [0.05, 0.1) is 26.4 Å². The molecule has 0 aliphatic rings. The molecule has 0 heterocycles. The lowest BCUT2D eigenvalue weighted by Gasteiger charge is -1.95. The number of hydrogen-bond donors (Lipinski definition) is 3. The molecule has 0 aromatic rings. The summed E-state index contributed by atoms with van der Waals surface area (Å²) in [6, 6.07) is 0. The van der Waals surface area contributed by atoms with Crippen molar-refractivity contribution in [3.8, 4) is 0 Å². The van der Waals surface area contributed by atoms with Crippen molar-refractivity contribution in [3.63, 3.8) is 0 Å². The lowest BCUT2D eigenvalue weighted by Crippen LogP contribution is -2.03. The van der Waals surface area contributed by atoms with Crippen LogP contribution in [-0.4, -0.2) is 60.9 Å². The van der Waals surface area contributed by atoms with E-state index in [4.69, 9.17) is 24.9 Å². The minimum absolute atomic E-state index is 0.0278. The van der Waals surface area contributed by atoms with Gasteiger partial charge in [0.1, 0.15) is 0 Å². The standard InChI is InChI=1S/C6H14O.C4H10O3.C2H4O2/c1-3-5-7-6-4-2;5-1-3-7-4-2-6;1-2(3)4/h3-6H2,1-2H3;5-6H,1-4H2;1H3,(H,3,4). The summed E-state index contributed by atoms with van der Waals surface area (Å²) < 4.78 is 9.76. The van der Waals surface area contributed by atoms with E-state index in [0.717, 1.165) is 33.0 Å². The van der Waals surface area contributed by atoms with Crippen LogP contribution in [0.5, 0.6) is 0 Å². The van der Waals surface area contributed by atoms with E-state index < -0.39 is 5.97 Å². The van der Waals surface area contributed by atoms with E-state index in [1.807, 2.05) is 0 Å². The highest BCUT2D eigenvalue weighted by atomic mass is 16.5. The first-order valence-electron chi connectivity index (χ1n) is 6.13. The fourth-order valence-corrected chi connectivity index (χ4v) is 0.622. The van der Waals surface area contributed by atoms with Gasteiger partial charge in [-0.15, -0.1) is 0 Å². The number of aliphatic hydroxyl groups excluding tert-OH is 2. The van der Waals surface area contributed by atoms with E-state index in [1.54, 1.807) is 0 Å². The van der Waals surface area contributed by atoms with Gasteiger partial charge in [0.2, 0.25) is 0 Å². The van der Waals surface area contributed by atoms with Crippen LogP contribution >= 0.6 is 0 Å². The summed E-state index contributed by atoms with van der Waals surface area (Å²) in [6.45, 7) is 7.87. The van der Waals surface area contributed by atoms with Gasteiger partial charge in [-0.3, -0.25) is 4.79 Å². The van der Waals surface area contributed by atoms with Crippen LogP contribution in [0.25, 0.3) is 0 Å². The minimum atomic E-state index is -0.833. The Morgan fingerprint density at radius 3 is 1.39 bits per heavy atom. The molecule has 6 nitrogen and oxygen atoms in total. The predicted molar refractivity (Wildman–Crippen MR) is 69.7 cm³/mol. The van der Waals surface area contributed by atoms with Crippen molar-refractivity contribution in [3.05, 3.63) is 0 Å². The van der Waals surface area contributed by atoms with Crippen molar-refractivity contribution < 1.29 is 29.6 Å². The van der Waals surface area contributed by atoms with Gasteiger partial charge in [0.15, 0.2) is 0 Å². The summed E-state index contributed by atoms with van der Waals surface area (Å²) in [6.07, 6.45) is 2.28. The van der Waals surface area contributed by atoms with Crippen molar-refractivity contribution in [2.24, 2.45) is 0 Å². The molecule has 0 saturated heterocycles. The Hall–Kier alpha value is -0.690. The van der Waals surface area contributed by atoms with Gasteiger partial charge in [-0.25, -0.2) is 0 Å². The quantitative estimate of drug-likeness (QED) is 0.566. The maximum atomic E-state index is 9.00. The second-order valence-electron chi connectivity index (χ2n) is 3.19. The number of hydrogen-bond acceptors (Lipinski definition) is 5. The van der Waals surface area contributed by atoms with E-state index in [0.29, 0.717) is 13.2 Å². The molecule has 18 heavy (non-hydrogen) atoms. The molecule has 6 heteroatoms. The second kappa shape index (κ2) is 25.2. The lowest BCUT2D eigenvalue weighted by molar-refractivity contribution is -0.134. The van der Waals surface area contributed by atoms with Crippen LogP contribution < -0.4 is 0 Å². The Bertz CT molecular complexity index is 119. The SMILES string of the molecule is CC(=O)O.CCCOCCC.OCCOCCO. The van der Waals surface area contributed by atoms with Crippen LogP contribution in [0, 0.1) is 0 Å². The summed E-state index contributed by atoms with van der Waals surface area (Å²) >= 11 is 0. The molecule has 0 rings (SSSR count). The molecule has 112 valence electrons. The number of aliphatic carboxylic acids is 1. The number of carbonyl (C=O) groups is 1. The predicted octanol–water partition coefficient (Wildman–Crippen LogP) is 0.901. The molecule has 3 N–H and O–H groups in total. The molecule has 0 aromatic carbocycles. The molecule has 0 unspecified atom stereocenters. The van der Waals surface area contributed by atoms with Gasteiger partial charge < -0.3 is 24.8 Å². The Labute approximate surface area is 110 Å². The Balaban J connectivity index is -0.000000196. The largest absolute Gasteiger partial charge is 0.481 e. The van der Waals surface area contributed by atoms with E-state index in [9.17, 15) is 0 Å². The number of carboxylic acid groups (broad SMARTS) is 1. The first kappa shape index (κ1) is 22.5. The van der Waals surface area contributed by atoms with Gasteiger partial charge >= 0.3 is 0 Å². The van der Waals surface area contributed by atoms with Gasteiger partial charge in [0.25, 0.3) is 5.97 Å². The maximum Gasteiger partial charge on any atom is 0.300 e. The summed E-state index contributed by atoms with van der Waals surface area (Å²) in [4.78, 5) is 9.00. The Kier molecular flexibility index (Phi) is 31.5. The molecular formula is C12H28O6. The highest BCUT2D eigenvalue weighted by Gasteiger charge is 1.79. The highest BCUT2D eigenvalue weighted by molar-refractivity contribution is 5.62. The average Bonchev–Trinajstić information content (AvgIpc) is 2.31. The summed E-state index contributed by atoms with van der Waals surface area (Å²) in [5.74, 6) is -0.833. The van der Waals surface area contributed by atoms with E-state index in [-0.39, 0.29) is 13.2 Å². The molecule has 0 fully saturated rings. The van der Waals surface area contributed by atoms with Crippen molar-refractivity contribution in [1.29, 1.82) is 0 Å². The zero-order valence-corrected chi connectivity index (χ0v) is 11.7. The fraction of sp³-hybridized carbons (Fsp3) is 0.917. The number of aliphatic hydroxyl groups is 2. The number of ether oxygens (including phenoxy) is 2. The van der Waals surface area contributed by atoms with Crippen LogP contribution in [0.15, 0.2) is 0 Å². The first-order chi connectivity index (χ1) is 8.56. The Morgan fingerprint density at radius 2 is 1.17 bits per heavy atom. The second-order valence-corrected chi connectivity index (χ2v) is 3.19. The third-order valence-corrected chi connectivity index (χ3v) is 1.17. The third-order valence-electron chi connectivity index (χ3n) is 1.17. The van der Waals surface area contributed by atoms with Gasteiger partial charge in [-0.05, 0) is 12.8 Å². The summed E-state index contributed by atoms with van der Waals surface area (Å²) in [5, 5.41) is 23.6. The van der Waals surface area contributed by atoms with Crippen LogP contribution in [0.4, 0.5) is 0 Å². The highest BCUT2D eigenvalue weighted by Crippen LogP contribution is 1.81. The maximum absolute atomic E-state index is 9.00. The molecule has 0 aliphatic carbocycles. The molecule has 0 saturated carbocycles. The molecule has 0 radical (unpaired) electrons. The van der Waals surface area contributed by atoms with Crippen molar-refractivity contribution in [1.82, 2.24) is 0 Å². The van der Waals surface area contributed by atoms with Gasteiger partial charge in [-0.1, -0.05) is 13.8 Å². The van der Waals surface area contributed by atoms with Crippen LogP contribution in [0.2, 0.25) is 0 Å². The molecule has 0 aromatic heterocycles. The van der Waals surface area contributed by atoms with Crippen molar-refractivity contribution in [2.45, 2.75) is 33.6 Å². The molecule has 0 aliphatic heterocycles. The smallest absolute Gasteiger partial charge is 0.300 e. The van der Waals surface area contributed by atoms with Crippen LogP contribution in [-0.2, 0) is 14.3 Å². The van der Waals surface area contributed by atoms with Gasteiger partial charge in [-0.2, -0.15) is 0 Å². The van der Waals surface area contributed by atoms with E-state index in [1.165, 1.54) is 0 Å². The number of rotatable bonds is 8. The third kappa shape index (κ3) is 58.7. The Morgan fingerprint density at radius 1 is 0.889 bits per heavy atom. The zero-order chi connectivity index (χ0) is 14.6. The lowest BCUT2D eigenvalue weighted by atomic mass is 10.5. The molecule has 0 bridgehead atoms. The molecule has 0 atom stereocenters. The molecule has 0 spiro atoms. The zero-order valence-electron chi connectivity index (χ0n) is 11.7. The van der Waals surface area contributed by atoms with E-state index >= 15 is 0 Å². The number of carboxylic acids is 1. The van der Waals surface area contributed by atoms with Crippen molar-refractivity contribution in [2.75, 3.05) is 39.6 Å². The topological polar surface area (TPSA) is 96.2 Å². The first-order valence-corrected chi connectivity index (χ1v) is 6.13. The normalized spacial score (nSPS) is 8.72. The average molecular weight is 268 g/mol. The molecule has 0 amide bonds. The van der Waals surface area contributed by atoms with E-state index in [2.05, 4.69) is 18.6 Å². The molecular weight excluding hydrogens is 240 g/mol. The summed E-state index contributed by atoms with van der Waals surface area (Å²) in [5.41, 5.74) is 0. The van der Waals surface area contributed by atoms with Crippen molar-refractivity contribution >= 4 is 5.97 Å². The summed E-state index contributed by atoms with van der Waals surface area (Å²) in [7, 11) is 0. The monoisotopic (exact) mass is 268 g/mol. The fourth-order valence-electron chi connectivity index (χ4n) is 0.622. The van der Waals surface area contributed by atoms with Crippen LogP contribution in [0.1, 0.15) is 33.6 Å². The minimum Gasteiger partial charge on any atom is -0.481 e. The van der Waals surface area contributed by atoms with Gasteiger partial charge in [0, 0.05) is 20.1 Å².